The van der Waals surface area contributed by atoms with E-state index in [1.807, 2.05) is 0 Å². The summed E-state index contributed by atoms with van der Waals surface area (Å²) >= 11 is 24.5. The SMILES string of the molecule is O=c1c(Oc2ccccc2Cl)coc2cc(OCc3c(Cl)ccc(Cl)c3Cl)ccc12. The van der Waals surface area contributed by atoms with Crippen molar-refractivity contribution < 1.29 is 13.9 Å². The molecule has 1 heterocycles. The third-order valence-corrected chi connectivity index (χ3v) is 5.80. The van der Waals surface area contributed by atoms with Gasteiger partial charge < -0.3 is 13.9 Å². The number of benzene rings is 3. The summed E-state index contributed by atoms with van der Waals surface area (Å²) in [5.74, 6) is 0.861. The zero-order valence-corrected chi connectivity index (χ0v) is 18.1. The Hall–Kier alpha value is -2.37. The van der Waals surface area contributed by atoms with Crippen molar-refractivity contribution in [2.75, 3.05) is 0 Å². The van der Waals surface area contributed by atoms with Crippen LogP contribution in [0.1, 0.15) is 5.56 Å². The monoisotopic (exact) mass is 480 g/mol. The van der Waals surface area contributed by atoms with E-state index in [0.717, 1.165) is 0 Å². The molecule has 3 aromatic carbocycles. The molecule has 8 heteroatoms. The van der Waals surface area contributed by atoms with Gasteiger partial charge in [-0.3, -0.25) is 4.79 Å². The summed E-state index contributed by atoms with van der Waals surface area (Å²) in [6, 6.07) is 15.0. The molecule has 4 rings (SSSR count). The molecule has 0 aliphatic rings. The lowest BCUT2D eigenvalue weighted by Crippen LogP contribution is -2.05. The molecule has 0 unspecified atom stereocenters. The normalized spacial score (nSPS) is 10.9. The van der Waals surface area contributed by atoms with Crippen molar-refractivity contribution in [3.05, 3.63) is 96.7 Å². The summed E-state index contributed by atoms with van der Waals surface area (Å²) in [7, 11) is 0. The zero-order valence-electron chi connectivity index (χ0n) is 15.1. The minimum atomic E-state index is -0.330. The van der Waals surface area contributed by atoms with Gasteiger partial charge in [0.05, 0.1) is 20.5 Å². The number of halogens is 4. The van der Waals surface area contributed by atoms with Crippen LogP contribution < -0.4 is 14.9 Å². The third kappa shape index (κ3) is 4.23. The lowest BCUT2D eigenvalue weighted by molar-refractivity contribution is 0.306. The number of hydrogen-bond acceptors (Lipinski definition) is 4. The van der Waals surface area contributed by atoms with Gasteiger partial charge in [-0.25, -0.2) is 0 Å². The molecule has 0 fully saturated rings. The van der Waals surface area contributed by atoms with Crippen molar-refractivity contribution in [3.8, 4) is 17.2 Å². The standard InChI is InChI=1S/C22H12Cl4O4/c23-15-7-8-17(25)21(26)14(15)10-28-12-5-6-13-19(9-12)29-11-20(22(13)27)30-18-4-2-1-3-16(18)24/h1-9,11H,10H2. The van der Waals surface area contributed by atoms with Gasteiger partial charge in [-0.2, -0.15) is 0 Å². The number of para-hydroxylation sites is 1. The van der Waals surface area contributed by atoms with Gasteiger partial charge >= 0.3 is 0 Å². The Labute approximate surface area is 191 Å². The molecule has 0 spiro atoms. The maximum atomic E-state index is 12.7. The van der Waals surface area contributed by atoms with E-state index in [0.29, 0.717) is 48.1 Å². The van der Waals surface area contributed by atoms with E-state index >= 15 is 0 Å². The highest BCUT2D eigenvalue weighted by Crippen LogP contribution is 2.33. The second kappa shape index (κ2) is 8.78. The van der Waals surface area contributed by atoms with Crippen LogP contribution in [0.3, 0.4) is 0 Å². The number of hydrogen-bond donors (Lipinski definition) is 0. The lowest BCUT2D eigenvalue weighted by Gasteiger charge is -2.11. The summed E-state index contributed by atoms with van der Waals surface area (Å²) in [6.07, 6.45) is 1.24. The van der Waals surface area contributed by atoms with Crippen LogP contribution in [0, 0.1) is 0 Å². The molecule has 152 valence electrons. The van der Waals surface area contributed by atoms with E-state index in [9.17, 15) is 4.79 Å². The van der Waals surface area contributed by atoms with Crippen LogP contribution in [-0.4, -0.2) is 0 Å². The Morgan fingerprint density at radius 1 is 0.833 bits per heavy atom. The van der Waals surface area contributed by atoms with Crippen molar-refractivity contribution in [1.82, 2.24) is 0 Å². The van der Waals surface area contributed by atoms with Gasteiger partial charge in [-0.1, -0.05) is 58.5 Å². The average molecular weight is 482 g/mol. The molecule has 0 saturated carbocycles. The predicted molar refractivity (Wildman–Crippen MR) is 120 cm³/mol. The van der Waals surface area contributed by atoms with E-state index in [1.165, 1.54) is 6.26 Å². The van der Waals surface area contributed by atoms with E-state index in [-0.39, 0.29) is 17.8 Å². The van der Waals surface area contributed by atoms with Gasteiger partial charge in [0.2, 0.25) is 11.2 Å². The molecule has 0 radical (unpaired) electrons. The van der Waals surface area contributed by atoms with Gasteiger partial charge in [0.15, 0.2) is 0 Å². The molecule has 4 aromatic rings. The molecule has 30 heavy (non-hydrogen) atoms. The summed E-state index contributed by atoms with van der Waals surface area (Å²) < 4.78 is 16.9. The van der Waals surface area contributed by atoms with Crippen molar-refractivity contribution in [3.63, 3.8) is 0 Å². The van der Waals surface area contributed by atoms with Crippen LogP contribution >= 0.6 is 46.4 Å². The Balaban J connectivity index is 1.59. The van der Waals surface area contributed by atoms with Gasteiger partial charge in [-0.05, 0) is 36.4 Å². The largest absolute Gasteiger partial charge is 0.489 e. The Kier molecular flexibility index (Phi) is 6.11. The number of rotatable bonds is 5. The fourth-order valence-electron chi connectivity index (χ4n) is 2.75. The second-order valence-corrected chi connectivity index (χ2v) is 7.83. The van der Waals surface area contributed by atoms with Crippen molar-refractivity contribution >= 4 is 57.4 Å². The van der Waals surface area contributed by atoms with E-state index in [4.69, 9.17) is 60.3 Å². The minimum Gasteiger partial charge on any atom is -0.489 e. The van der Waals surface area contributed by atoms with Gasteiger partial charge in [0, 0.05) is 16.7 Å². The van der Waals surface area contributed by atoms with Crippen molar-refractivity contribution in [1.29, 1.82) is 0 Å². The first-order chi connectivity index (χ1) is 14.4. The highest BCUT2D eigenvalue weighted by molar-refractivity contribution is 6.44. The maximum Gasteiger partial charge on any atom is 0.235 e. The molecule has 0 aliphatic heterocycles. The molecule has 0 atom stereocenters. The first kappa shape index (κ1) is 20.9. The molecule has 0 amide bonds. The Morgan fingerprint density at radius 3 is 2.40 bits per heavy atom. The zero-order chi connectivity index (χ0) is 21.3. The fourth-order valence-corrected chi connectivity index (χ4v) is 3.59. The predicted octanol–water partition coefficient (Wildman–Crippen LogP) is 7.78. The second-order valence-electron chi connectivity index (χ2n) is 6.23. The molecular weight excluding hydrogens is 470 g/mol. The third-order valence-electron chi connectivity index (χ3n) is 4.29. The highest BCUT2D eigenvalue weighted by atomic mass is 35.5. The Morgan fingerprint density at radius 2 is 1.60 bits per heavy atom. The topological polar surface area (TPSA) is 48.7 Å². The van der Waals surface area contributed by atoms with Crippen LogP contribution in [0.5, 0.6) is 17.2 Å². The van der Waals surface area contributed by atoms with Crippen LogP contribution in [0.25, 0.3) is 11.0 Å². The molecule has 0 N–H and O–H groups in total. The maximum absolute atomic E-state index is 12.7. The van der Waals surface area contributed by atoms with Crippen LogP contribution in [0.4, 0.5) is 0 Å². The van der Waals surface area contributed by atoms with Crippen molar-refractivity contribution in [2.24, 2.45) is 0 Å². The summed E-state index contributed by atoms with van der Waals surface area (Å²) in [5, 5.41) is 1.89. The van der Waals surface area contributed by atoms with E-state index < -0.39 is 0 Å². The van der Waals surface area contributed by atoms with Gasteiger partial charge in [-0.15, -0.1) is 0 Å². The molecule has 0 saturated heterocycles. The first-order valence-corrected chi connectivity index (χ1v) is 10.2. The summed E-state index contributed by atoms with van der Waals surface area (Å²) in [4.78, 5) is 12.7. The molecule has 1 aromatic heterocycles. The Bertz CT molecular complexity index is 1300. The van der Waals surface area contributed by atoms with Crippen LogP contribution in [-0.2, 0) is 6.61 Å². The number of ether oxygens (including phenoxy) is 2. The quantitative estimate of drug-likeness (QED) is 0.273. The summed E-state index contributed by atoms with van der Waals surface area (Å²) in [6.45, 7) is 0.0989. The van der Waals surface area contributed by atoms with Crippen molar-refractivity contribution in [2.45, 2.75) is 6.61 Å². The lowest BCUT2D eigenvalue weighted by atomic mass is 10.2. The molecule has 0 aliphatic carbocycles. The van der Waals surface area contributed by atoms with Gasteiger partial charge in [0.25, 0.3) is 0 Å². The van der Waals surface area contributed by atoms with Gasteiger partial charge in [0.1, 0.15) is 30.0 Å². The summed E-state index contributed by atoms with van der Waals surface area (Å²) in [5.41, 5.74) is 0.576. The van der Waals surface area contributed by atoms with E-state index in [2.05, 4.69) is 0 Å². The van der Waals surface area contributed by atoms with Crippen LogP contribution in [0.15, 0.2) is 70.1 Å². The molecular formula is C22H12Cl4O4. The smallest absolute Gasteiger partial charge is 0.235 e. The highest BCUT2D eigenvalue weighted by Gasteiger charge is 2.13. The van der Waals surface area contributed by atoms with Crippen LogP contribution in [0.2, 0.25) is 20.1 Å². The fraction of sp³-hybridized carbons (Fsp3) is 0.0455. The number of fused-ring (bicyclic) bond motifs is 1. The minimum absolute atomic E-state index is 0.0294. The molecule has 0 bridgehead atoms. The molecule has 4 nitrogen and oxygen atoms in total. The van der Waals surface area contributed by atoms with E-state index in [1.54, 1.807) is 54.6 Å². The average Bonchev–Trinajstić information content (AvgIpc) is 2.74. The first-order valence-electron chi connectivity index (χ1n) is 8.67.